The van der Waals surface area contributed by atoms with Crippen molar-refractivity contribution >= 4 is 0 Å². The van der Waals surface area contributed by atoms with Crippen molar-refractivity contribution in [1.82, 2.24) is 0 Å². The third-order valence-electron chi connectivity index (χ3n) is 5.22. The number of hydrogen-bond acceptors (Lipinski definition) is 6. The third-order valence-corrected chi connectivity index (χ3v) is 5.22. The van der Waals surface area contributed by atoms with Crippen molar-refractivity contribution in [1.29, 1.82) is 0 Å². The van der Waals surface area contributed by atoms with Gasteiger partial charge >= 0.3 is 0 Å². The first-order valence-electron chi connectivity index (χ1n) is 9.28. The van der Waals surface area contributed by atoms with Gasteiger partial charge in [0.1, 0.15) is 0 Å². The Kier molecular flexibility index (Phi) is 6.52. The first kappa shape index (κ1) is 20.1. The smallest absolute Gasteiger partial charge is 0.203 e. The Morgan fingerprint density at radius 2 is 1.32 bits per heavy atom. The van der Waals surface area contributed by atoms with E-state index in [1.165, 1.54) is 0 Å². The Balaban J connectivity index is 1.87. The summed E-state index contributed by atoms with van der Waals surface area (Å²) in [7, 11) is 8.16. The largest absolute Gasteiger partial charge is 0.493 e. The summed E-state index contributed by atoms with van der Waals surface area (Å²) in [5.74, 6) is 3.69. The molecule has 2 atom stereocenters. The summed E-state index contributed by atoms with van der Waals surface area (Å²) in [5, 5.41) is 0. The van der Waals surface area contributed by atoms with Crippen molar-refractivity contribution in [3.63, 3.8) is 0 Å². The minimum Gasteiger partial charge on any atom is -0.493 e. The highest BCUT2D eigenvalue weighted by molar-refractivity contribution is 5.54. The molecule has 0 bridgehead atoms. The van der Waals surface area contributed by atoms with E-state index in [9.17, 15) is 0 Å². The van der Waals surface area contributed by atoms with E-state index >= 15 is 0 Å². The summed E-state index contributed by atoms with van der Waals surface area (Å²) < 4.78 is 33.3. The second-order valence-corrected chi connectivity index (χ2v) is 6.65. The van der Waals surface area contributed by atoms with Gasteiger partial charge in [-0.25, -0.2) is 0 Å². The molecule has 0 amide bonds. The molecule has 0 aromatic heterocycles. The second-order valence-electron chi connectivity index (χ2n) is 6.65. The Morgan fingerprint density at radius 1 is 0.714 bits per heavy atom. The van der Waals surface area contributed by atoms with Crippen LogP contribution in [0.4, 0.5) is 0 Å². The molecule has 2 aromatic rings. The Hall–Kier alpha value is -2.60. The van der Waals surface area contributed by atoms with Crippen LogP contribution in [0.25, 0.3) is 0 Å². The summed E-state index contributed by atoms with van der Waals surface area (Å²) in [6.07, 6.45) is 1.77. The van der Waals surface area contributed by atoms with Gasteiger partial charge in [0.15, 0.2) is 23.0 Å². The molecule has 28 heavy (non-hydrogen) atoms. The zero-order valence-corrected chi connectivity index (χ0v) is 17.1. The quantitative estimate of drug-likeness (QED) is 0.702. The lowest BCUT2D eigenvalue weighted by Gasteiger charge is -2.31. The molecule has 1 aliphatic heterocycles. The van der Waals surface area contributed by atoms with Crippen LogP contribution in [-0.4, -0.2) is 42.2 Å². The van der Waals surface area contributed by atoms with E-state index < -0.39 is 0 Å². The number of rotatable bonds is 7. The van der Waals surface area contributed by atoms with Crippen LogP contribution in [0, 0.1) is 0 Å². The van der Waals surface area contributed by atoms with Gasteiger partial charge in [0.2, 0.25) is 5.75 Å². The summed E-state index contributed by atoms with van der Waals surface area (Å²) in [4.78, 5) is 0. The van der Waals surface area contributed by atoms with Gasteiger partial charge in [0, 0.05) is 6.61 Å². The van der Waals surface area contributed by atoms with E-state index in [1.54, 1.807) is 35.5 Å². The van der Waals surface area contributed by atoms with Crippen molar-refractivity contribution in [3.05, 3.63) is 41.5 Å². The molecular formula is C22H28O6. The molecule has 0 spiro atoms. The Bertz CT molecular complexity index is 779. The number of methoxy groups -OCH3 is 5. The lowest BCUT2D eigenvalue weighted by molar-refractivity contribution is 0.00507. The molecule has 6 nitrogen and oxygen atoms in total. The molecule has 2 aromatic carbocycles. The fourth-order valence-electron chi connectivity index (χ4n) is 3.72. The SMILES string of the molecule is COc1ccc(C2CC(c3cc(OC)c(OC)c(OC)c3)CCO2)cc1OC. The molecule has 3 rings (SSSR count). The van der Waals surface area contributed by atoms with Crippen LogP contribution in [0.5, 0.6) is 28.7 Å². The first-order chi connectivity index (χ1) is 13.6. The van der Waals surface area contributed by atoms with Crippen LogP contribution in [0.3, 0.4) is 0 Å². The molecule has 1 saturated heterocycles. The maximum absolute atomic E-state index is 6.06. The van der Waals surface area contributed by atoms with Gasteiger partial charge in [0.05, 0.1) is 41.7 Å². The molecular weight excluding hydrogens is 360 g/mol. The molecule has 0 N–H and O–H groups in total. The fraction of sp³-hybridized carbons (Fsp3) is 0.455. The fourth-order valence-corrected chi connectivity index (χ4v) is 3.72. The summed E-state index contributed by atoms with van der Waals surface area (Å²) in [6, 6.07) is 10.00. The molecule has 1 heterocycles. The van der Waals surface area contributed by atoms with Gasteiger partial charge in [-0.3, -0.25) is 0 Å². The maximum atomic E-state index is 6.06. The van der Waals surface area contributed by atoms with Gasteiger partial charge in [-0.05, 0) is 54.2 Å². The number of hydrogen-bond donors (Lipinski definition) is 0. The topological polar surface area (TPSA) is 55.4 Å². The van der Waals surface area contributed by atoms with E-state index in [2.05, 4.69) is 0 Å². The van der Waals surface area contributed by atoms with Crippen molar-refractivity contribution in [2.24, 2.45) is 0 Å². The highest BCUT2D eigenvalue weighted by Crippen LogP contribution is 2.45. The minimum atomic E-state index is -0.0161. The van der Waals surface area contributed by atoms with Crippen molar-refractivity contribution < 1.29 is 28.4 Å². The third kappa shape index (κ3) is 3.97. The van der Waals surface area contributed by atoms with Crippen LogP contribution in [-0.2, 0) is 4.74 Å². The molecule has 2 unspecified atom stereocenters. The minimum absolute atomic E-state index is 0.0161. The van der Waals surface area contributed by atoms with Crippen LogP contribution in [0.2, 0.25) is 0 Å². The van der Waals surface area contributed by atoms with Crippen LogP contribution < -0.4 is 23.7 Å². The molecule has 152 valence electrons. The van der Waals surface area contributed by atoms with Crippen molar-refractivity contribution in [2.45, 2.75) is 24.9 Å². The molecule has 6 heteroatoms. The summed E-state index contributed by atoms with van der Waals surface area (Å²) in [5.41, 5.74) is 2.23. The normalized spacial score (nSPS) is 19.0. The van der Waals surface area contributed by atoms with Crippen LogP contribution in [0.15, 0.2) is 30.3 Å². The van der Waals surface area contributed by atoms with E-state index in [0.29, 0.717) is 41.3 Å². The zero-order chi connectivity index (χ0) is 20.1. The van der Waals surface area contributed by atoms with Crippen LogP contribution >= 0.6 is 0 Å². The zero-order valence-electron chi connectivity index (χ0n) is 17.1. The lowest BCUT2D eigenvalue weighted by Crippen LogP contribution is -2.19. The monoisotopic (exact) mass is 388 g/mol. The van der Waals surface area contributed by atoms with Gasteiger partial charge in [-0.15, -0.1) is 0 Å². The number of ether oxygens (including phenoxy) is 6. The van der Waals surface area contributed by atoms with Crippen LogP contribution in [0.1, 0.15) is 36.0 Å². The molecule has 0 radical (unpaired) electrons. The highest BCUT2D eigenvalue weighted by Gasteiger charge is 2.27. The molecule has 1 aliphatic rings. The second kappa shape index (κ2) is 9.06. The van der Waals surface area contributed by atoms with Gasteiger partial charge in [-0.1, -0.05) is 6.07 Å². The summed E-state index contributed by atoms with van der Waals surface area (Å²) >= 11 is 0. The number of benzene rings is 2. The average Bonchev–Trinajstić information content (AvgIpc) is 2.77. The highest BCUT2D eigenvalue weighted by atomic mass is 16.5. The van der Waals surface area contributed by atoms with Gasteiger partial charge in [-0.2, -0.15) is 0 Å². The molecule has 0 aliphatic carbocycles. The van der Waals surface area contributed by atoms with Crippen molar-refractivity contribution in [3.8, 4) is 28.7 Å². The van der Waals surface area contributed by atoms with Gasteiger partial charge in [0.25, 0.3) is 0 Å². The average molecular weight is 388 g/mol. The van der Waals surface area contributed by atoms with Crippen molar-refractivity contribution in [2.75, 3.05) is 42.2 Å². The Labute approximate surface area is 166 Å². The lowest BCUT2D eigenvalue weighted by atomic mass is 9.86. The van der Waals surface area contributed by atoms with E-state index in [-0.39, 0.29) is 6.10 Å². The maximum Gasteiger partial charge on any atom is 0.203 e. The van der Waals surface area contributed by atoms with E-state index in [4.69, 9.17) is 28.4 Å². The van der Waals surface area contributed by atoms with Gasteiger partial charge < -0.3 is 28.4 Å². The molecule has 1 fully saturated rings. The predicted molar refractivity (Wildman–Crippen MR) is 106 cm³/mol. The Morgan fingerprint density at radius 3 is 1.89 bits per heavy atom. The predicted octanol–water partition coefficient (Wildman–Crippen LogP) is 4.36. The van der Waals surface area contributed by atoms with E-state index in [0.717, 1.165) is 24.0 Å². The summed E-state index contributed by atoms with van der Waals surface area (Å²) in [6.45, 7) is 0.681. The first-order valence-corrected chi connectivity index (χ1v) is 9.28. The standard InChI is InChI=1S/C22H28O6/c1-23-17-7-6-15(11-19(17)24-2)18-10-14(8-9-28-18)16-12-20(25-3)22(27-5)21(13-16)26-4/h6-7,11-14,18H,8-10H2,1-5H3. The van der Waals surface area contributed by atoms with E-state index in [1.807, 2.05) is 30.3 Å². The molecule has 0 saturated carbocycles.